The number of nitrogens with zero attached hydrogens (tertiary/aromatic N) is 1. The van der Waals surface area contributed by atoms with E-state index in [1.807, 2.05) is 48.7 Å². The number of nitrogens with one attached hydrogen (secondary N) is 1. The molecular formula is C16H16N2O2S2. The van der Waals surface area contributed by atoms with E-state index in [9.17, 15) is 9.59 Å². The maximum absolute atomic E-state index is 12.3. The Morgan fingerprint density at radius 3 is 2.91 bits per heavy atom. The second kappa shape index (κ2) is 6.54. The van der Waals surface area contributed by atoms with Gasteiger partial charge in [-0.2, -0.15) is 0 Å². The Balaban J connectivity index is 1.70. The van der Waals surface area contributed by atoms with E-state index < -0.39 is 0 Å². The summed E-state index contributed by atoms with van der Waals surface area (Å²) in [4.78, 5) is 28.1. The summed E-state index contributed by atoms with van der Waals surface area (Å²) in [5.41, 5.74) is 0.822. The average molecular weight is 332 g/mol. The van der Waals surface area contributed by atoms with Crippen molar-refractivity contribution in [2.45, 2.75) is 17.9 Å². The molecule has 0 radical (unpaired) electrons. The fraction of sp³-hybridized carbons (Fsp3) is 0.250. The van der Waals surface area contributed by atoms with Crippen LogP contribution in [0.5, 0.6) is 0 Å². The summed E-state index contributed by atoms with van der Waals surface area (Å²) in [6.45, 7) is 2.01. The highest BCUT2D eigenvalue weighted by Gasteiger charge is 2.26. The second-order valence-electron chi connectivity index (χ2n) is 5.04. The molecule has 0 fully saturated rings. The first-order chi connectivity index (χ1) is 10.6. The quantitative estimate of drug-likeness (QED) is 0.936. The van der Waals surface area contributed by atoms with Gasteiger partial charge in [-0.1, -0.05) is 18.2 Å². The van der Waals surface area contributed by atoms with Crippen LogP contribution in [0.2, 0.25) is 0 Å². The Labute approximate surface area is 137 Å². The number of amides is 2. The van der Waals surface area contributed by atoms with E-state index in [0.717, 1.165) is 15.5 Å². The lowest BCUT2D eigenvalue weighted by Crippen LogP contribution is -2.43. The predicted molar refractivity (Wildman–Crippen MR) is 90.4 cm³/mol. The molecule has 0 spiro atoms. The van der Waals surface area contributed by atoms with E-state index >= 15 is 0 Å². The van der Waals surface area contributed by atoms with E-state index in [1.165, 1.54) is 11.8 Å². The first-order valence-electron chi connectivity index (χ1n) is 7.00. The van der Waals surface area contributed by atoms with Gasteiger partial charge in [0.2, 0.25) is 11.8 Å². The Morgan fingerprint density at radius 2 is 2.14 bits per heavy atom. The molecule has 4 nitrogen and oxygen atoms in total. The third kappa shape index (κ3) is 3.18. The average Bonchev–Trinajstić information content (AvgIpc) is 3.04. The molecule has 2 aromatic rings. The largest absolute Gasteiger partial charge is 0.347 e. The Bertz CT molecular complexity index is 685. The van der Waals surface area contributed by atoms with Crippen molar-refractivity contribution in [3.05, 3.63) is 46.7 Å². The zero-order valence-electron chi connectivity index (χ0n) is 12.1. The monoisotopic (exact) mass is 332 g/mol. The number of hydrogen-bond acceptors (Lipinski definition) is 4. The fourth-order valence-corrected chi connectivity index (χ4v) is 4.04. The van der Waals surface area contributed by atoms with Gasteiger partial charge in [-0.3, -0.25) is 9.59 Å². The molecule has 6 heteroatoms. The zero-order valence-corrected chi connectivity index (χ0v) is 13.7. The molecule has 1 aromatic carbocycles. The summed E-state index contributed by atoms with van der Waals surface area (Å²) in [7, 11) is 0. The van der Waals surface area contributed by atoms with Crippen LogP contribution in [0.3, 0.4) is 0 Å². The highest BCUT2D eigenvalue weighted by Crippen LogP contribution is 2.34. The van der Waals surface area contributed by atoms with Crippen LogP contribution in [0.4, 0.5) is 5.69 Å². The van der Waals surface area contributed by atoms with E-state index in [0.29, 0.717) is 5.75 Å². The molecule has 0 aliphatic carbocycles. The van der Waals surface area contributed by atoms with Crippen LogP contribution in [-0.4, -0.2) is 24.1 Å². The van der Waals surface area contributed by atoms with Crippen LogP contribution in [0, 0.1) is 0 Å². The van der Waals surface area contributed by atoms with E-state index in [4.69, 9.17) is 0 Å². The predicted octanol–water partition coefficient (Wildman–Crippen LogP) is 3.06. The molecule has 3 rings (SSSR count). The molecule has 1 atom stereocenters. The van der Waals surface area contributed by atoms with Crippen molar-refractivity contribution >= 4 is 40.6 Å². The number of carbonyl (C=O) groups is 2. The molecule has 1 aliphatic rings. The van der Waals surface area contributed by atoms with Gasteiger partial charge in [-0.05, 0) is 30.5 Å². The van der Waals surface area contributed by atoms with Gasteiger partial charge in [-0.15, -0.1) is 23.1 Å². The molecule has 1 unspecified atom stereocenters. The number of thioether (sulfide) groups is 1. The zero-order chi connectivity index (χ0) is 15.5. The normalized spacial score (nSPS) is 15.3. The molecule has 1 aliphatic heterocycles. The first-order valence-corrected chi connectivity index (χ1v) is 8.86. The van der Waals surface area contributed by atoms with Crippen molar-refractivity contribution in [1.82, 2.24) is 5.32 Å². The van der Waals surface area contributed by atoms with Crippen molar-refractivity contribution in [2.24, 2.45) is 0 Å². The van der Waals surface area contributed by atoms with E-state index in [-0.39, 0.29) is 24.4 Å². The minimum Gasteiger partial charge on any atom is -0.347 e. The Kier molecular flexibility index (Phi) is 4.49. The molecule has 114 valence electrons. The molecular weight excluding hydrogens is 316 g/mol. The summed E-state index contributed by atoms with van der Waals surface area (Å²) < 4.78 is 0. The second-order valence-corrected chi connectivity index (χ2v) is 7.04. The van der Waals surface area contributed by atoms with Crippen LogP contribution in [0.1, 0.15) is 17.8 Å². The highest BCUT2D eigenvalue weighted by molar-refractivity contribution is 8.00. The summed E-state index contributed by atoms with van der Waals surface area (Å²) >= 11 is 3.13. The fourth-order valence-electron chi connectivity index (χ4n) is 2.37. The lowest BCUT2D eigenvalue weighted by Gasteiger charge is -2.28. The van der Waals surface area contributed by atoms with Crippen molar-refractivity contribution < 1.29 is 9.59 Å². The standard InChI is InChI=1S/C16H16N2O2S2/c1-11(13-7-4-8-21-13)17-15(19)9-18-12-5-2-3-6-14(12)22-10-16(18)20/h2-8,11H,9-10H2,1H3,(H,17,19). The molecule has 0 bridgehead atoms. The number of hydrogen-bond donors (Lipinski definition) is 1. The summed E-state index contributed by atoms with van der Waals surface area (Å²) in [6, 6.07) is 11.6. The Morgan fingerprint density at radius 1 is 1.32 bits per heavy atom. The van der Waals surface area contributed by atoms with E-state index in [1.54, 1.807) is 16.2 Å². The van der Waals surface area contributed by atoms with Crippen molar-refractivity contribution in [3.63, 3.8) is 0 Å². The topological polar surface area (TPSA) is 49.4 Å². The minimum atomic E-state index is -0.143. The van der Waals surface area contributed by atoms with Crippen LogP contribution in [0.25, 0.3) is 0 Å². The lowest BCUT2D eigenvalue weighted by atomic mass is 10.2. The number of fused-ring (bicyclic) bond motifs is 1. The van der Waals surface area contributed by atoms with Gasteiger partial charge in [0.1, 0.15) is 6.54 Å². The molecule has 1 N–H and O–H groups in total. The van der Waals surface area contributed by atoms with Gasteiger partial charge in [-0.25, -0.2) is 0 Å². The summed E-state index contributed by atoms with van der Waals surface area (Å²) in [6.07, 6.45) is 0. The van der Waals surface area contributed by atoms with Gasteiger partial charge >= 0.3 is 0 Å². The van der Waals surface area contributed by atoms with Crippen molar-refractivity contribution in [2.75, 3.05) is 17.2 Å². The maximum atomic E-state index is 12.3. The van der Waals surface area contributed by atoms with Crippen molar-refractivity contribution in [3.8, 4) is 0 Å². The number of benzene rings is 1. The molecule has 2 heterocycles. The number of thiophene rings is 1. The number of anilines is 1. The molecule has 0 saturated carbocycles. The maximum Gasteiger partial charge on any atom is 0.240 e. The lowest BCUT2D eigenvalue weighted by molar-refractivity contribution is -0.123. The van der Waals surface area contributed by atoms with Gasteiger partial charge in [0.15, 0.2) is 0 Å². The summed E-state index contributed by atoms with van der Waals surface area (Å²) in [5, 5.41) is 4.94. The van der Waals surface area contributed by atoms with Crippen molar-refractivity contribution in [1.29, 1.82) is 0 Å². The highest BCUT2D eigenvalue weighted by atomic mass is 32.2. The number of carbonyl (C=O) groups excluding carboxylic acids is 2. The van der Waals surface area contributed by atoms with Crippen LogP contribution in [-0.2, 0) is 9.59 Å². The Hall–Kier alpha value is -1.79. The van der Waals surface area contributed by atoms with Crippen LogP contribution >= 0.6 is 23.1 Å². The van der Waals surface area contributed by atoms with E-state index in [2.05, 4.69) is 5.32 Å². The van der Waals surface area contributed by atoms with Gasteiger partial charge in [0.25, 0.3) is 0 Å². The van der Waals surface area contributed by atoms with Crippen LogP contribution < -0.4 is 10.2 Å². The number of para-hydroxylation sites is 1. The smallest absolute Gasteiger partial charge is 0.240 e. The molecule has 0 saturated heterocycles. The molecule has 2 amide bonds. The first kappa shape index (κ1) is 15.1. The summed E-state index contributed by atoms with van der Waals surface area (Å²) in [5.74, 6) is 0.212. The van der Waals surface area contributed by atoms with Gasteiger partial charge in [0.05, 0.1) is 17.5 Å². The van der Waals surface area contributed by atoms with Gasteiger partial charge < -0.3 is 10.2 Å². The van der Waals surface area contributed by atoms with Gasteiger partial charge in [0, 0.05) is 9.77 Å². The van der Waals surface area contributed by atoms with Crippen LogP contribution in [0.15, 0.2) is 46.7 Å². The third-order valence-corrected chi connectivity index (χ3v) is 5.56. The molecule has 22 heavy (non-hydrogen) atoms. The SMILES string of the molecule is CC(NC(=O)CN1C(=O)CSc2ccccc21)c1cccs1. The third-order valence-electron chi connectivity index (χ3n) is 3.46. The minimum absolute atomic E-state index is 0.0253. The number of rotatable bonds is 4. The molecule has 1 aromatic heterocycles.